The Hall–Kier alpha value is -2.88. The van der Waals surface area contributed by atoms with E-state index in [4.69, 9.17) is 51.4 Å². The standard InChI is InChI=1S/C6H15NO3.C4H6N4O3.C4H10O2.C3H8O3.CH4N2O/c8-4-1-7(2-5-9)3-6-10;5-3(10)6-1-2(9)8-4(11)7-1;1-4(6)2-3-5;4-1-3(6)2-5;2-1(3)4/h8-10H,1-6H2;1H,(H3,5,6,10)(H2,7,8,9,11);4-6H,2-3H2,1H3;3-6H,1-2H2;(H4,2,3,4). The van der Waals surface area contributed by atoms with Gasteiger partial charge in [-0.1, -0.05) is 0 Å². The Balaban J connectivity index is -0.000000193. The fourth-order valence-electron chi connectivity index (χ4n) is 1.66. The predicted octanol–water partition coefficient (Wildman–Crippen LogP) is -6.81. The van der Waals surface area contributed by atoms with Crippen LogP contribution in [0.2, 0.25) is 0 Å². The molecule has 0 spiro atoms. The first-order valence-corrected chi connectivity index (χ1v) is 10.7. The van der Waals surface area contributed by atoms with Gasteiger partial charge < -0.3 is 68.7 Å². The van der Waals surface area contributed by atoms with E-state index >= 15 is 0 Å². The number of amides is 7. The number of aliphatic hydroxyl groups excluding tert-OH is 8. The molecule has 1 aliphatic heterocycles. The highest BCUT2D eigenvalue weighted by Crippen LogP contribution is 1.87. The van der Waals surface area contributed by atoms with Gasteiger partial charge in [0.15, 0.2) is 6.17 Å². The Labute approximate surface area is 213 Å². The zero-order chi connectivity index (χ0) is 29.8. The molecule has 19 nitrogen and oxygen atoms in total. The highest BCUT2D eigenvalue weighted by Gasteiger charge is 2.29. The summed E-state index contributed by atoms with van der Waals surface area (Å²) in [6, 6.07) is -2.35. The highest BCUT2D eigenvalue weighted by atomic mass is 16.3. The summed E-state index contributed by atoms with van der Waals surface area (Å²) in [5.74, 6) is -0.617. The number of nitrogens with one attached hydrogen (secondary N) is 3. The van der Waals surface area contributed by atoms with E-state index in [-0.39, 0.29) is 45.7 Å². The maximum atomic E-state index is 10.7. The highest BCUT2D eigenvalue weighted by molar-refractivity contribution is 6.05. The Morgan fingerprint density at radius 3 is 1.46 bits per heavy atom. The predicted molar refractivity (Wildman–Crippen MR) is 128 cm³/mol. The minimum absolute atomic E-state index is 0.0694. The molecule has 37 heavy (non-hydrogen) atoms. The smallest absolute Gasteiger partial charge is 0.323 e. The normalized spacial score (nSPS) is 14.2. The van der Waals surface area contributed by atoms with E-state index in [1.54, 1.807) is 11.8 Å². The summed E-state index contributed by atoms with van der Waals surface area (Å²) >= 11 is 0. The average Bonchev–Trinajstić information content (AvgIpc) is 3.10. The average molecular weight is 550 g/mol. The van der Waals surface area contributed by atoms with E-state index in [9.17, 15) is 14.4 Å². The van der Waals surface area contributed by atoms with Gasteiger partial charge in [-0.25, -0.2) is 14.4 Å². The maximum absolute atomic E-state index is 10.7. The minimum atomic E-state index is -1.04. The van der Waals surface area contributed by atoms with Crippen molar-refractivity contribution in [1.29, 1.82) is 0 Å². The number of carbonyl (C=O) groups excluding carboxylic acids is 4. The van der Waals surface area contributed by atoms with Crippen molar-refractivity contribution in [2.45, 2.75) is 31.7 Å². The summed E-state index contributed by atoms with van der Waals surface area (Å²) in [4.78, 5) is 42.0. The molecular weight excluding hydrogens is 506 g/mol. The quantitative estimate of drug-likeness (QED) is 0.107. The van der Waals surface area contributed by atoms with Crippen LogP contribution in [-0.4, -0.2) is 147 Å². The van der Waals surface area contributed by atoms with E-state index in [2.05, 4.69) is 16.8 Å². The van der Waals surface area contributed by atoms with Crippen LogP contribution < -0.4 is 33.2 Å². The zero-order valence-corrected chi connectivity index (χ0v) is 20.7. The number of rotatable bonds is 11. The van der Waals surface area contributed by atoms with Crippen molar-refractivity contribution in [3.63, 3.8) is 0 Å². The number of hydrogen-bond acceptors (Lipinski definition) is 13. The second kappa shape index (κ2) is 29.4. The molecule has 1 rings (SSSR count). The van der Waals surface area contributed by atoms with Gasteiger partial charge in [0.2, 0.25) is 0 Å². The van der Waals surface area contributed by atoms with E-state index in [1.165, 1.54) is 0 Å². The summed E-state index contributed by atoms with van der Waals surface area (Å²) in [5.41, 5.74) is 13.2. The molecule has 1 saturated heterocycles. The number of nitrogens with two attached hydrogens (primary N) is 3. The van der Waals surface area contributed by atoms with Crippen molar-refractivity contribution < 1.29 is 60.0 Å². The third kappa shape index (κ3) is 37.8. The lowest BCUT2D eigenvalue weighted by Crippen LogP contribution is -2.48. The van der Waals surface area contributed by atoms with Crippen LogP contribution in [0, 0.1) is 0 Å². The molecular formula is C18H43N7O12. The summed E-state index contributed by atoms with van der Waals surface area (Å²) in [6.07, 6.45) is -1.86. The molecule has 222 valence electrons. The number of primary amides is 3. The van der Waals surface area contributed by atoms with Gasteiger partial charge in [0.25, 0.3) is 5.91 Å². The van der Waals surface area contributed by atoms with Gasteiger partial charge in [0.05, 0.1) is 39.1 Å². The molecule has 1 aliphatic rings. The van der Waals surface area contributed by atoms with Crippen molar-refractivity contribution in [2.24, 2.45) is 17.2 Å². The number of urea groups is 3. The van der Waals surface area contributed by atoms with E-state index in [0.29, 0.717) is 26.1 Å². The number of aliphatic hydroxyl groups is 8. The molecule has 19 heteroatoms. The lowest BCUT2D eigenvalue weighted by molar-refractivity contribution is -0.120. The Morgan fingerprint density at radius 1 is 0.892 bits per heavy atom. The molecule has 0 bridgehead atoms. The molecule has 1 heterocycles. The second-order valence-electron chi connectivity index (χ2n) is 6.70. The van der Waals surface area contributed by atoms with E-state index in [0.717, 1.165) is 0 Å². The number of hydrogen-bond donors (Lipinski definition) is 14. The van der Waals surface area contributed by atoms with Crippen LogP contribution in [0.5, 0.6) is 0 Å². The van der Waals surface area contributed by atoms with E-state index < -0.39 is 36.3 Å². The number of nitrogens with zero attached hydrogens (tertiary/aromatic N) is 1. The van der Waals surface area contributed by atoms with Crippen LogP contribution >= 0.6 is 0 Å². The molecule has 17 N–H and O–H groups in total. The molecule has 7 amide bonds. The van der Waals surface area contributed by atoms with Crippen LogP contribution in [0.4, 0.5) is 14.4 Å². The van der Waals surface area contributed by atoms with Gasteiger partial charge in [0.1, 0.15) is 6.10 Å². The molecule has 0 aromatic heterocycles. The van der Waals surface area contributed by atoms with Gasteiger partial charge in [0, 0.05) is 26.2 Å². The van der Waals surface area contributed by atoms with E-state index in [1.807, 2.05) is 10.6 Å². The molecule has 0 aromatic rings. The maximum Gasteiger partial charge on any atom is 0.323 e. The van der Waals surface area contributed by atoms with Crippen LogP contribution in [-0.2, 0) is 4.79 Å². The van der Waals surface area contributed by atoms with Crippen LogP contribution in [0.1, 0.15) is 13.3 Å². The number of imide groups is 1. The zero-order valence-electron chi connectivity index (χ0n) is 20.7. The summed E-state index contributed by atoms with van der Waals surface area (Å²) in [5, 5.41) is 72.0. The first kappa shape index (κ1) is 41.3. The van der Waals surface area contributed by atoms with Crippen molar-refractivity contribution in [3.05, 3.63) is 0 Å². The fraction of sp³-hybridized carbons (Fsp3) is 0.778. The molecule has 0 aliphatic carbocycles. The van der Waals surface area contributed by atoms with Gasteiger partial charge in [-0.2, -0.15) is 0 Å². The third-order valence-corrected chi connectivity index (χ3v) is 3.28. The molecule has 2 atom stereocenters. The van der Waals surface area contributed by atoms with Crippen molar-refractivity contribution >= 4 is 24.0 Å². The molecule has 0 aromatic carbocycles. The Morgan fingerprint density at radius 2 is 1.30 bits per heavy atom. The molecule has 1 fully saturated rings. The van der Waals surface area contributed by atoms with Gasteiger partial charge in [-0.05, 0) is 13.3 Å². The minimum Gasteiger partial charge on any atom is -0.396 e. The monoisotopic (exact) mass is 549 g/mol. The summed E-state index contributed by atoms with van der Waals surface area (Å²) in [6.45, 7) is 2.75. The molecule has 0 radical (unpaired) electrons. The lowest BCUT2D eigenvalue weighted by atomic mass is 10.3. The summed E-state index contributed by atoms with van der Waals surface area (Å²) in [7, 11) is 0. The molecule has 0 saturated carbocycles. The van der Waals surface area contributed by atoms with Crippen LogP contribution in [0.15, 0.2) is 0 Å². The first-order valence-electron chi connectivity index (χ1n) is 10.7. The van der Waals surface area contributed by atoms with Crippen molar-refractivity contribution in [1.82, 2.24) is 20.9 Å². The largest absolute Gasteiger partial charge is 0.396 e. The fourth-order valence-corrected chi connectivity index (χ4v) is 1.66. The van der Waals surface area contributed by atoms with Crippen LogP contribution in [0.25, 0.3) is 0 Å². The third-order valence-electron chi connectivity index (χ3n) is 3.28. The van der Waals surface area contributed by atoms with Gasteiger partial charge in [-0.15, -0.1) is 0 Å². The Bertz CT molecular complexity index is 565. The topological polar surface area (TPSA) is 348 Å². The Kier molecular flexibility index (Phi) is 32.7. The van der Waals surface area contributed by atoms with Crippen LogP contribution in [0.3, 0.4) is 0 Å². The first-order chi connectivity index (χ1) is 17.2. The molecule has 2 unspecified atom stereocenters. The second-order valence-corrected chi connectivity index (χ2v) is 6.70. The SMILES string of the molecule is CC(O)CCO.NC(=O)NC1NC(=O)NC1=O.NC(N)=O.OCC(O)CO.OCCN(CCO)CCO. The summed E-state index contributed by atoms with van der Waals surface area (Å²) < 4.78 is 0. The van der Waals surface area contributed by atoms with Crippen molar-refractivity contribution in [3.8, 4) is 0 Å². The number of carbonyl (C=O) groups is 4. The van der Waals surface area contributed by atoms with Gasteiger partial charge >= 0.3 is 18.1 Å². The van der Waals surface area contributed by atoms with Crippen molar-refractivity contribution in [2.75, 3.05) is 59.3 Å². The van der Waals surface area contributed by atoms with Gasteiger partial charge in [-0.3, -0.25) is 15.0 Å². The lowest BCUT2D eigenvalue weighted by Gasteiger charge is -2.17.